The van der Waals surface area contributed by atoms with E-state index in [1.807, 2.05) is 42.9 Å². The van der Waals surface area contributed by atoms with Crippen LogP contribution < -0.4 is 10.00 Å². The molecule has 9 heavy (non-hydrogen) atoms. The Labute approximate surface area is 54.9 Å². The average Bonchev–Trinajstić information content (AvgIpc) is 2.13. The highest BCUT2D eigenvalue weighted by atomic mass is 15.4. The first-order valence-electron chi connectivity index (χ1n) is 2.94. The fraction of sp³-hybridized carbons (Fsp3) is 0.500. The van der Waals surface area contributed by atoms with E-state index in [4.69, 9.17) is 0 Å². The minimum absolute atomic E-state index is 1.14. The van der Waals surface area contributed by atoms with Gasteiger partial charge in [0.1, 0.15) is 5.69 Å². The molecule has 0 aliphatic heterocycles. The van der Waals surface area contributed by atoms with Crippen molar-refractivity contribution >= 4 is 5.69 Å². The molecule has 0 unspecified atom stereocenters. The molecule has 0 bridgehead atoms. The molecule has 0 atom stereocenters. The second-order valence-electron chi connectivity index (χ2n) is 2.11. The Kier molecular flexibility index (Phi) is 1.42. The SMILES string of the molecule is CNc1cn(C)[n+](C)c1. The maximum atomic E-state index is 3.05. The molecule has 50 valence electrons. The summed E-state index contributed by atoms with van der Waals surface area (Å²) in [6.45, 7) is 0. The maximum absolute atomic E-state index is 3.05. The molecule has 0 saturated carbocycles. The van der Waals surface area contributed by atoms with Gasteiger partial charge in [-0.15, -0.1) is 4.68 Å². The second-order valence-corrected chi connectivity index (χ2v) is 2.11. The molecule has 1 aromatic rings. The van der Waals surface area contributed by atoms with Crippen molar-refractivity contribution in [3.8, 4) is 0 Å². The molecular formula is C6H12N3+. The largest absolute Gasteiger partial charge is 0.382 e. The minimum atomic E-state index is 1.14. The molecule has 1 rings (SSSR count). The van der Waals surface area contributed by atoms with E-state index in [0.29, 0.717) is 0 Å². The standard InChI is InChI=1S/C6H12N3/c1-7-6-4-8(2)9(3)5-6/h4-5,7H,1-3H3/q+1. The first-order chi connectivity index (χ1) is 4.24. The molecule has 0 aromatic carbocycles. The third kappa shape index (κ3) is 1.04. The molecule has 0 spiro atoms. The smallest absolute Gasteiger partial charge is 0.218 e. The molecule has 3 nitrogen and oxygen atoms in total. The third-order valence-corrected chi connectivity index (χ3v) is 1.44. The van der Waals surface area contributed by atoms with Gasteiger partial charge in [-0.05, 0) is 0 Å². The third-order valence-electron chi connectivity index (χ3n) is 1.44. The fourth-order valence-electron chi connectivity index (χ4n) is 0.747. The number of rotatable bonds is 1. The number of anilines is 1. The van der Waals surface area contributed by atoms with E-state index in [9.17, 15) is 0 Å². The van der Waals surface area contributed by atoms with Crippen LogP contribution in [0.15, 0.2) is 12.4 Å². The quantitative estimate of drug-likeness (QED) is 0.521. The van der Waals surface area contributed by atoms with Crippen molar-refractivity contribution in [1.29, 1.82) is 0 Å². The summed E-state index contributed by atoms with van der Waals surface area (Å²) in [5.41, 5.74) is 1.14. The van der Waals surface area contributed by atoms with Crippen molar-refractivity contribution < 1.29 is 4.68 Å². The molecule has 0 saturated heterocycles. The van der Waals surface area contributed by atoms with Crippen molar-refractivity contribution in [1.82, 2.24) is 4.68 Å². The van der Waals surface area contributed by atoms with E-state index in [-0.39, 0.29) is 0 Å². The Morgan fingerprint density at radius 2 is 2.33 bits per heavy atom. The minimum Gasteiger partial charge on any atom is -0.382 e. The van der Waals surface area contributed by atoms with Crippen molar-refractivity contribution in [2.24, 2.45) is 14.1 Å². The number of aryl methyl sites for hydroxylation is 2. The summed E-state index contributed by atoms with van der Waals surface area (Å²) >= 11 is 0. The number of hydrogen-bond acceptors (Lipinski definition) is 1. The van der Waals surface area contributed by atoms with Gasteiger partial charge in [0.25, 0.3) is 0 Å². The van der Waals surface area contributed by atoms with Crippen molar-refractivity contribution in [2.75, 3.05) is 12.4 Å². The van der Waals surface area contributed by atoms with Crippen LogP contribution in [0.3, 0.4) is 0 Å². The molecule has 1 heterocycles. The van der Waals surface area contributed by atoms with Gasteiger partial charge in [0.15, 0.2) is 7.05 Å². The highest BCUT2D eigenvalue weighted by Crippen LogP contribution is 1.97. The summed E-state index contributed by atoms with van der Waals surface area (Å²) in [6, 6.07) is 0. The van der Waals surface area contributed by atoms with Crippen LogP contribution >= 0.6 is 0 Å². The molecule has 0 radical (unpaired) electrons. The van der Waals surface area contributed by atoms with Gasteiger partial charge in [-0.1, -0.05) is 0 Å². The lowest BCUT2D eigenvalue weighted by molar-refractivity contribution is -0.750. The average molecular weight is 126 g/mol. The second kappa shape index (κ2) is 2.09. The molecule has 0 fully saturated rings. The number of nitrogens with zero attached hydrogens (tertiary/aromatic N) is 2. The van der Waals surface area contributed by atoms with Gasteiger partial charge >= 0.3 is 0 Å². The van der Waals surface area contributed by atoms with Crippen LogP contribution in [0.2, 0.25) is 0 Å². The lowest BCUT2D eigenvalue weighted by atomic mass is 10.6. The first-order valence-corrected chi connectivity index (χ1v) is 2.94. The number of hydrogen-bond donors (Lipinski definition) is 1. The zero-order valence-electron chi connectivity index (χ0n) is 6.05. The summed E-state index contributed by atoms with van der Waals surface area (Å²) in [4.78, 5) is 0. The molecule has 3 heteroatoms. The van der Waals surface area contributed by atoms with Gasteiger partial charge in [-0.25, -0.2) is 0 Å². The Balaban J connectivity index is 2.98. The van der Waals surface area contributed by atoms with Crippen LogP contribution in [0.5, 0.6) is 0 Å². The van der Waals surface area contributed by atoms with Crippen LogP contribution in [0.4, 0.5) is 5.69 Å². The van der Waals surface area contributed by atoms with Crippen molar-refractivity contribution in [3.63, 3.8) is 0 Å². The van der Waals surface area contributed by atoms with E-state index < -0.39 is 0 Å². The fourth-order valence-corrected chi connectivity index (χ4v) is 0.747. The number of aromatic nitrogens is 2. The summed E-state index contributed by atoms with van der Waals surface area (Å²) in [7, 11) is 5.91. The lowest BCUT2D eigenvalue weighted by Gasteiger charge is -1.83. The highest BCUT2D eigenvalue weighted by molar-refractivity contribution is 5.34. The Bertz CT molecular complexity index is 183. The molecule has 0 aliphatic rings. The van der Waals surface area contributed by atoms with Gasteiger partial charge in [0.05, 0.1) is 13.2 Å². The van der Waals surface area contributed by atoms with Crippen molar-refractivity contribution in [3.05, 3.63) is 12.4 Å². The Morgan fingerprint density at radius 3 is 2.56 bits per heavy atom. The van der Waals surface area contributed by atoms with E-state index in [0.717, 1.165) is 5.69 Å². The molecule has 0 amide bonds. The molecule has 0 aliphatic carbocycles. The summed E-state index contributed by atoms with van der Waals surface area (Å²) in [6.07, 6.45) is 4.06. The number of nitrogens with one attached hydrogen (secondary N) is 1. The maximum Gasteiger partial charge on any atom is 0.218 e. The predicted molar refractivity (Wildman–Crippen MR) is 36.1 cm³/mol. The van der Waals surface area contributed by atoms with E-state index >= 15 is 0 Å². The summed E-state index contributed by atoms with van der Waals surface area (Å²) in [5, 5.41) is 3.05. The van der Waals surface area contributed by atoms with Crippen molar-refractivity contribution in [2.45, 2.75) is 0 Å². The van der Waals surface area contributed by atoms with E-state index in [1.54, 1.807) is 0 Å². The highest BCUT2D eigenvalue weighted by Gasteiger charge is 2.00. The van der Waals surface area contributed by atoms with Gasteiger partial charge in [0.2, 0.25) is 6.20 Å². The molecular weight excluding hydrogens is 114 g/mol. The Morgan fingerprint density at radius 1 is 1.67 bits per heavy atom. The van der Waals surface area contributed by atoms with Gasteiger partial charge in [-0.2, -0.15) is 4.68 Å². The lowest BCUT2D eigenvalue weighted by Crippen LogP contribution is -2.35. The normalized spacial score (nSPS) is 9.67. The zero-order valence-corrected chi connectivity index (χ0v) is 6.05. The monoisotopic (exact) mass is 126 g/mol. The van der Waals surface area contributed by atoms with Gasteiger partial charge < -0.3 is 5.32 Å². The molecule has 1 N–H and O–H groups in total. The van der Waals surface area contributed by atoms with Crippen LogP contribution in [0.25, 0.3) is 0 Å². The summed E-state index contributed by atoms with van der Waals surface area (Å²) in [5.74, 6) is 0. The predicted octanol–water partition coefficient (Wildman–Crippen LogP) is -0.109. The van der Waals surface area contributed by atoms with Gasteiger partial charge in [0, 0.05) is 7.05 Å². The van der Waals surface area contributed by atoms with E-state index in [1.165, 1.54) is 0 Å². The zero-order chi connectivity index (χ0) is 6.85. The van der Waals surface area contributed by atoms with Crippen LogP contribution in [-0.4, -0.2) is 11.7 Å². The van der Waals surface area contributed by atoms with E-state index in [2.05, 4.69) is 5.32 Å². The van der Waals surface area contributed by atoms with Gasteiger partial charge in [-0.3, -0.25) is 0 Å². The topological polar surface area (TPSA) is 20.8 Å². The Hall–Kier alpha value is -0.990. The van der Waals surface area contributed by atoms with Crippen LogP contribution in [-0.2, 0) is 14.1 Å². The molecule has 1 aromatic heterocycles. The van der Waals surface area contributed by atoms with Crippen LogP contribution in [0.1, 0.15) is 0 Å². The van der Waals surface area contributed by atoms with Crippen LogP contribution in [0, 0.1) is 0 Å². The summed E-state index contributed by atoms with van der Waals surface area (Å²) < 4.78 is 4.01. The first kappa shape index (κ1) is 6.13.